The van der Waals surface area contributed by atoms with Gasteiger partial charge in [0.2, 0.25) is 0 Å². The van der Waals surface area contributed by atoms with E-state index in [1.54, 1.807) is 0 Å². The van der Waals surface area contributed by atoms with E-state index in [9.17, 15) is 0 Å². The van der Waals surface area contributed by atoms with E-state index in [4.69, 9.17) is 14.2 Å². The Morgan fingerprint density at radius 3 is 2.42 bits per heavy atom. The molecule has 1 aliphatic heterocycles. The van der Waals surface area contributed by atoms with Crippen LogP contribution in [0.15, 0.2) is 30.3 Å². The van der Waals surface area contributed by atoms with Gasteiger partial charge >= 0.3 is 0 Å². The highest BCUT2D eigenvalue weighted by Crippen LogP contribution is 2.36. The summed E-state index contributed by atoms with van der Waals surface area (Å²) in [7, 11) is 0. The van der Waals surface area contributed by atoms with Crippen molar-refractivity contribution in [1.82, 2.24) is 0 Å². The summed E-state index contributed by atoms with van der Waals surface area (Å²) in [6.07, 6.45) is 5.42. The van der Waals surface area contributed by atoms with E-state index >= 15 is 0 Å². The minimum absolute atomic E-state index is 0.265. The molecule has 1 saturated heterocycles. The molecule has 1 heterocycles. The lowest BCUT2D eigenvalue weighted by Gasteiger charge is -2.35. The van der Waals surface area contributed by atoms with E-state index in [1.807, 2.05) is 6.07 Å². The zero-order valence-electron chi connectivity index (χ0n) is 11.3. The van der Waals surface area contributed by atoms with Crippen LogP contribution < -0.4 is 0 Å². The lowest BCUT2D eigenvalue weighted by molar-refractivity contribution is -0.191. The van der Waals surface area contributed by atoms with Crippen molar-refractivity contribution >= 4 is 0 Å². The first-order valence-corrected chi connectivity index (χ1v) is 7.30. The van der Waals surface area contributed by atoms with E-state index in [0.717, 1.165) is 51.9 Å². The third-order valence-corrected chi connectivity index (χ3v) is 4.10. The summed E-state index contributed by atoms with van der Waals surface area (Å²) >= 11 is 0. The van der Waals surface area contributed by atoms with Crippen molar-refractivity contribution < 1.29 is 14.2 Å². The van der Waals surface area contributed by atoms with Gasteiger partial charge < -0.3 is 14.2 Å². The van der Waals surface area contributed by atoms with Gasteiger partial charge in [-0.1, -0.05) is 30.3 Å². The molecule has 0 unspecified atom stereocenters. The van der Waals surface area contributed by atoms with Crippen LogP contribution in [0.3, 0.4) is 0 Å². The van der Waals surface area contributed by atoms with Gasteiger partial charge in [0.15, 0.2) is 5.79 Å². The van der Waals surface area contributed by atoms with Crippen molar-refractivity contribution in [3.63, 3.8) is 0 Å². The molecule has 3 heteroatoms. The van der Waals surface area contributed by atoms with Gasteiger partial charge in [0.1, 0.15) is 0 Å². The monoisotopic (exact) mass is 262 g/mol. The van der Waals surface area contributed by atoms with Gasteiger partial charge in [0.25, 0.3) is 0 Å². The molecule has 0 radical (unpaired) electrons. The van der Waals surface area contributed by atoms with Crippen molar-refractivity contribution in [3.8, 4) is 0 Å². The number of benzene rings is 1. The average molecular weight is 262 g/mol. The Morgan fingerprint density at radius 2 is 1.74 bits per heavy atom. The fourth-order valence-corrected chi connectivity index (χ4v) is 2.97. The summed E-state index contributed by atoms with van der Waals surface area (Å²) in [6.45, 7) is 2.31. The van der Waals surface area contributed by atoms with Crippen molar-refractivity contribution in [2.45, 2.75) is 44.0 Å². The second-order valence-electron chi connectivity index (χ2n) is 5.41. The molecule has 1 saturated carbocycles. The molecule has 0 bridgehead atoms. The van der Waals surface area contributed by atoms with Crippen LogP contribution >= 0.6 is 0 Å². The summed E-state index contributed by atoms with van der Waals surface area (Å²) in [4.78, 5) is 0. The molecule has 104 valence electrons. The third-order valence-electron chi connectivity index (χ3n) is 4.10. The molecule has 1 aromatic rings. The Kier molecular flexibility index (Phi) is 4.16. The maximum atomic E-state index is 5.98. The van der Waals surface area contributed by atoms with Crippen molar-refractivity contribution in [1.29, 1.82) is 0 Å². The molecule has 3 rings (SSSR count). The molecule has 1 spiro atoms. The van der Waals surface area contributed by atoms with Crippen molar-refractivity contribution in [3.05, 3.63) is 35.9 Å². The number of hydrogen-bond acceptors (Lipinski definition) is 3. The highest BCUT2D eigenvalue weighted by Gasteiger charge is 2.40. The van der Waals surface area contributed by atoms with Gasteiger partial charge in [-0.15, -0.1) is 0 Å². The summed E-state index contributed by atoms with van der Waals surface area (Å²) in [5.41, 5.74) is 1.34. The Bertz CT molecular complexity index is 374. The van der Waals surface area contributed by atoms with Gasteiger partial charge in [-0.3, -0.25) is 0 Å². The van der Waals surface area contributed by atoms with Crippen LogP contribution in [0.2, 0.25) is 0 Å². The third kappa shape index (κ3) is 3.35. The normalized spacial score (nSPS) is 22.9. The van der Waals surface area contributed by atoms with Gasteiger partial charge in [-0.25, -0.2) is 0 Å². The Morgan fingerprint density at radius 1 is 1.05 bits per heavy atom. The summed E-state index contributed by atoms with van der Waals surface area (Å²) in [6, 6.07) is 10.5. The van der Waals surface area contributed by atoms with E-state index in [-0.39, 0.29) is 5.79 Å². The molecule has 19 heavy (non-hydrogen) atoms. The van der Waals surface area contributed by atoms with Crippen LogP contribution in [0.1, 0.15) is 31.2 Å². The molecular weight excluding hydrogens is 240 g/mol. The van der Waals surface area contributed by atoms with Crippen molar-refractivity contribution in [2.75, 3.05) is 19.8 Å². The fourth-order valence-electron chi connectivity index (χ4n) is 2.97. The SMILES string of the molecule is c1ccc(CCOC2CCC3(CC2)OCCO3)cc1. The average Bonchev–Trinajstić information content (AvgIpc) is 2.91. The Labute approximate surface area is 114 Å². The first-order chi connectivity index (χ1) is 9.36. The van der Waals surface area contributed by atoms with Crippen LogP contribution in [0.4, 0.5) is 0 Å². The van der Waals surface area contributed by atoms with Gasteiger partial charge in [0, 0.05) is 12.8 Å². The standard InChI is InChI=1S/C16H22O3/c1-2-4-14(5-3-1)8-11-17-15-6-9-16(10-7-15)18-12-13-19-16/h1-5,15H,6-13H2. The maximum Gasteiger partial charge on any atom is 0.168 e. The summed E-state index contributed by atoms with van der Waals surface area (Å²) in [5, 5.41) is 0. The summed E-state index contributed by atoms with van der Waals surface area (Å²) in [5.74, 6) is -0.265. The van der Waals surface area contributed by atoms with Crippen molar-refractivity contribution in [2.24, 2.45) is 0 Å². The van der Waals surface area contributed by atoms with Gasteiger partial charge in [-0.2, -0.15) is 0 Å². The van der Waals surface area contributed by atoms with Crippen LogP contribution in [0, 0.1) is 0 Å². The fraction of sp³-hybridized carbons (Fsp3) is 0.625. The second-order valence-corrected chi connectivity index (χ2v) is 5.41. The molecule has 2 fully saturated rings. The molecule has 3 nitrogen and oxygen atoms in total. The minimum atomic E-state index is -0.265. The van der Waals surface area contributed by atoms with E-state index in [0.29, 0.717) is 6.10 Å². The minimum Gasteiger partial charge on any atom is -0.378 e. The predicted octanol–water partition coefficient (Wildman–Crippen LogP) is 2.93. The molecule has 0 aromatic heterocycles. The summed E-state index contributed by atoms with van der Waals surface area (Å²) < 4.78 is 17.4. The van der Waals surface area contributed by atoms with Crippen LogP contribution in [0.25, 0.3) is 0 Å². The first-order valence-electron chi connectivity index (χ1n) is 7.30. The highest BCUT2D eigenvalue weighted by atomic mass is 16.7. The number of ether oxygens (including phenoxy) is 3. The maximum absolute atomic E-state index is 5.98. The molecule has 0 atom stereocenters. The topological polar surface area (TPSA) is 27.7 Å². The lowest BCUT2D eigenvalue weighted by Crippen LogP contribution is -2.37. The van der Waals surface area contributed by atoms with Crippen LogP contribution in [-0.2, 0) is 20.6 Å². The largest absolute Gasteiger partial charge is 0.378 e. The van der Waals surface area contributed by atoms with Crippen LogP contribution in [-0.4, -0.2) is 31.7 Å². The lowest BCUT2D eigenvalue weighted by atomic mass is 9.92. The van der Waals surface area contributed by atoms with Gasteiger partial charge in [0.05, 0.1) is 25.9 Å². The first kappa shape index (κ1) is 13.1. The van der Waals surface area contributed by atoms with E-state index in [1.165, 1.54) is 5.56 Å². The zero-order chi connectivity index (χ0) is 13.0. The zero-order valence-corrected chi connectivity index (χ0v) is 11.3. The molecule has 1 aliphatic carbocycles. The molecule has 2 aliphatic rings. The van der Waals surface area contributed by atoms with E-state index < -0.39 is 0 Å². The van der Waals surface area contributed by atoms with Gasteiger partial charge in [-0.05, 0) is 24.8 Å². The Balaban J connectivity index is 1.38. The number of rotatable bonds is 4. The molecule has 0 amide bonds. The Hall–Kier alpha value is -0.900. The number of hydrogen-bond donors (Lipinski definition) is 0. The van der Waals surface area contributed by atoms with Crippen LogP contribution in [0.5, 0.6) is 0 Å². The molecular formula is C16H22O3. The quantitative estimate of drug-likeness (QED) is 0.835. The van der Waals surface area contributed by atoms with E-state index in [2.05, 4.69) is 24.3 Å². The predicted molar refractivity (Wildman–Crippen MR) is 73.0 cm³/mol. The smallest absolute Gasteiger partial charge is 0.168 e. The molecule has 0 N–H and O–H groups in total. The highest BCUT2D eigenvalue weighted by molar-refractivity contribution is 5.14. The molecule has 1 aromatic carbocycles. The second kappa shape index (κ2) is 6.04.